The van der Waals surface area contributed by atoms with Crippen molar-refractivity contribution in [3.05, 3.63) is 56.5 Å². The first-order valence-electron chi connectivity index (χ1n) is 7.69. The zero-order valence-corrected chi connectivity index (χ0v) is 16.0. The summed E-state index contributed by atoms with van der Waals surface area (Å²) < 4.78 is 31.0. The first-order chi connectivity index (χ1) is 12.6. The molecule has 0 spiro atoms. The number of aryl methyl sites for hydroxylation is 1. The molecular formula is C16H15N3O6S2. The third-order valence-electron chi connectivity index (χ3n) is 4.05. The molecule has 0 fully saturated rings. The number of aliphatic carboxylic acids is 1. The van der Waals surface area contributed by atoms with Crippen LogP contribution in [0, 0.1) is 6.92 Å². The molecule has 0 radical (unpaired) electrons. The van der Waals surface area contributed by atoms with Gasteiger partial charge in [-0.2, -0.15) is 4.37 Å². The van der Waals surface area contributed by atoms with Crippen LogP contribution >= 0.6 is 11.5 Å². The molecule has 0 bridgehead atoms. The van der Waals surface area contributed by atoms with Crippen LogP contribution in [0.1, 0.15) is 11.4 Å². The molecule has 2 aromatic heterocycles. The highest BCUT2D eigenvalue weighted by Crippen LogP contribution is 2.26. The van der Waals surface area contributed by atoms with Crippen molar-refractivity contribution in [3.63, 3.8) is 0 Å². The Labute approximate surface area is 157 Å². The lowest BCUT2D eigenvalue weighted by molar-refractivity contribution is -0.134. The van der Waals surface area contributed by atoms with Crippen LogP contribution in [0.4, 0.5) is 0 Å². The summed E-state index contributed by atoms with van der Waals surface area (Å²) in [6.07, 6.45) is 0. The number of nitrogens with zero attached hydrogens (tertiary/aromatic N) is 3. The summed E-state index contributed by atoms with van der Waals surface area (Å²) >= 11 is 1.06. The molecule has 3 rings (SSSR count). The van der Waals surface area contributed by atoms with E-state index in [0.29, 0.717) is 15.8 Å². The van der Waals surface area contributed by atoms with Crippen molar-refractivity contribution in [2.45, 2.75) is 12.7 Å². The van der Waals surface area contributed by atoms with Crippen molar-refractivity contribution < 1.29 is 18.3 Å². The fraction of sp³-hybridized carbons (Fsp3) is 0.250. The lowest BCUT2D eigenvalue weighted by Crippen LogP contribution is -2.38. The average Bonchev–Trinajstić information content (AvgIpc) is 2.93. The standard InChI is InChI=1S/C16H15N3O6S2/c1-9-5-14(20)19(16(23)18(9)2)10-3-4-13-11(6-10)12(17-26-13)7-27(24,25)8-15(21)22/h3-6H,7-8H2,1-2H3,(H,21,22). The maximum Gasteiger partial charge on any atom is 0.335 e. The van der Waals surface area contributed by atoms with Crippen molar-refractivity contribution in [3.8, 4) is 5.69 Å². The van der Waals surface area contributed by atoms with E-state index in [1.54, 1.807) is 26.1 Å². The van der Waals surface area contributed by atoms with E-state index in [2.05, 4.69) is 4.37 Å². The molecule has 3 aromatic rings. The molecule has 1 N–H and O–H groups in total. The molecule has 27 heavy (non-hydrogen) atoms. The van der Waals surface area contributed by atoms with Crippen LogP contribution in [0.5, 0.6) is 0 Å². The van der Waals surface area contributed by atoms with E-state index in [-0.39, 0.29) is 11.4 Å². The second kappa shape index (κ2) is 6.74. The van der Waals surface area contributed by atoms with E-state index in [4.69, 9.17) is 5.11 Å². The van der Waals surface area contributed by atoms with Crippen LogP contribution in [-0.4, -0.2) is 38.8 Å². The minimum absolute atomic E-state index is 0.190. The number of carboxylic acid groups (broad SMARTS) is 1. The Bertz CT molecular complexity index is 1280. The van der Waals surface area contributed by atoms with Crippen LogP contribution in [0.25, 0.3) is 15.8 Å². The van der Waals surface area contributed by atoms with Gasteiger partial charge in [-0.1, -0.05) is 0 Å². The molecule has 1 aromatic carbocycles. The van der Waals surface area contributed by atoms with Gasteiger partial charge in [0.2, 0.25) is 0 Å². The average molecular weight is 409 g/mol. The number of rotatable bonds is 5. The van der Waals surface area contributed by atoms with E-state index >= 15 is 0 Å². The first kappa shape index (κ1) is 19.0. The summed E-state index contributed by atoms with van der Waals surface area (Å²) in [7, 11) is -2.35. The summed E-state index contributed by atoms with van der Waals surface area (Å²) in [6, 6.07) is 6.06. The van der Waals surface area contributed by atoms with E-state index in [1.165, 1.54) is 16.7 Å². The topological polar surface area (TPSA) is 128 Å². The maximum absolute atomic E-state index is 12.5. The van der Waals surface area contributed by atoms with Crippen LogP contribution in [0.3, 0.4) is 0 Å². The van der Waals surface area contributed by atoms with Gasteiger partial charge in [0.1, 0.15) is 5.75 Å². The van der Waals surface area contributed by atoms with Gasteiger partial charge < -0.3 is 9.67 Å². The van der Waals surface area contributed by atoms with Crippen LogP contribution in [-0.2, 0) is 27.4 Å². The van der Waals surface area contributed by atoms with Gasteiger partial charge in [-0.05, 0) is 36.7 Å². The van der Waals surface area contributed by atoms with Gasteiger partial charge in [-0.15, -0.1) is 0 Å². The monoisotopic (exact) mass is 409 g/mol. The van der Waals surface area contributed by atoms with Crippen molar-refractivity contribution in [1.29, 1.82) is 0 Å². The molecule has 0 saturated heterocycles. The molecule has 0 aliphatic heterocycles. The quantitative estimate of drug-likeness (QED) is 0.648. The number of hydrogen-bond donors (Lipinski definition) is 1. The van der Waals surface area contributed by atoms with Crippen molar-refractivity contribution >= 4 is 37.4 Å². The number of benzene rings is 1. The number of sulfone groups is 1. The Morgan fingerprint density at radius 1 is 1.26 bits per heavy atom. The summed E-state index contributed by atoms with van der Waals surface area (Å²) in [5.41, 5.74) is -0.0407. The molecule has 0 aliphatic rings. The Hall–Kier alpha value is -2.79. The van der Waals surface area contributed by atoms with Crippen molar-refractivity contribution in [2.75, 3.05) is 5.75 Å². The molecular weight excluding hydrogens is 394 g/mol. The highest BCUT2D eigenvalue weighted by Gasteiger charge is 2.20. The molecule has 11 heteroatoms. The number of hydrogen-bond acceptors (Lipinski definition) is 7. The van der Waals surface area contributed by atoms with Gasteiger partial charge in [0.15, 0.2) is 9.84 Å². The van der Waals surface area contributed by atoms with Gasteiger partial charge in [0.25, 0.3) is 5.56 Å². The van der Waals surface area contributed by atoms with Crippen LogP contribution in [0.2, 0.25) is 0 Å². The highest BCUT2D eigenvalue weighted by atomic mass is 32.2. The molecule has 0 unspecified atom stereocenters. The highest BCUT2D eigenvalue weighted by molar-refractivity contribution is 7.91. The number of fused-ring (bicyclic) bond motifs is 1. The Kier molecular flexibility index (Phi) is 4.74. The third-order valence-corrected chi connectivity index (χ3v) is 6.31. The van der Waals surface area contributed by atoms with Gasteiger partial charge in [0, 0.05) is 24.2 Å². The predicted molar refractivity (Wildman–Crippen MR) is 100 cm³/mol. The largest absolute Gasteiger partial charge is 0.480 e. The molecule has 142 valence electrons. The molecule has 0 aliphatic carbocycles. The fourth-order valence-electron chi connectivity index (χ4n) is 2.64. The SMILES string of the molecule is Cc1cc(=O)n(-c2ccc3snc(CS(=O)(=O)CC(=O)O)c3c2)c(=O)n1C. The summed E-state index contributed by atoms with van der Waals surface area (Å²) in [6.45, 7) is 1.64. The zero-order valence-electron chi connectivity index (χ0n) is 14.4. The van der Waals surface area contributed by atoms with E-state index in [9.17, 15) is 22.8 Å². The Morgan fingerprint density at radius 2 is 1.96 bits per heavy atom. The summed E-state index contributed by atoms with van der Waals surface area (Å²) in [5, 5.41) is 9.18. The minimum Gasteiger partial charge on any atom is -0.480 e. The van der Waals surface area contributed by atoms with E-state index < -0.39 is 38.6 Å². The fourth-order valence-corrected chi connectivity index (χ4v) is 4.61. The zero-order chi connectivity index (χ0) is 19.9. The Morgan fingerprint density at radius 3 is 2.63 bits per heavy atom. The molecule has 9 nitrogen and oxygen atoms in total. The number of aromatic nitrogens is 3. The predicted octanol–water partition coefficient (Wildman–Crippen LogP) is 0.454. The van der Waals surface area contributed by atoms with Gasteiger partial charge in [0.05, 0.1) is 21.8 Å². The van der Waals surface area contributed by atoms with E-state index in [0.717, 1.165) is 16.1 Å². The minimum atomic E-state index is -3.89. The van der Waals surface area contributed by atoms with Crippen LogP contribution < -0.4 is 11.2 Å². The number of carbonyl (C=O) groups is 1. The molecule has 0 atom stereocenters. The maximum atomic E-state index is 12.5. The third kappa shape index (κ3) is 3.69. The van der Waals surface area contributed by atoms with Gasteiger partial charge >= 0.3 is 11.7 Å². The number of carboxylic acids is 1. The summed E-state index contributed by atoms with van der Waals surface area (Å²) in [4.78, 5) is 35.5. The van der Waals surface area contributed by atoms with Crippen molar-refractivity contribution in [1.82, 2.24) is 13.5 Å². The van der Waals surface area contributed by atoms with E-state index in [1.807, 2.05) is 0 Å². The Balaban J connectivity index is 2.15. The second-order valence-corrected chi connectivity index (χ2v) is 8.91. The normalized spacial score (nSPS) is 11.8. The summed E-state index contributed by atoms with van der Waals surface area (Å²) in [5.74, 6) is -2.97. The molecule has 0 saturated carbocycles. The lowest BCUT2D eigenvalue weighted by Gasteiger charge is -2.09. The van der Waals surface area contributed by atoms with Gasteiger partial charge in [-0.25, -0.2) is 17.8 Å². The first-order valence-corrected chi connectivity index (χ1v) is 10.3. The second-order valence-electron chi connectivity index (χ2n) is 6.04. The molecule has 2 heterocycles. The van der Waals surface area contributed by atoms with Crippen LogP contribution in [0.15, 0.2) is 33.9 Å². The van der Waals surface area contributed by atoms with Crippen molar-refractivity contribution in [2.24, 2.45) is 7.05 Å². The molecule has 0 amide bonds. The smallest absolute Gasteiger partial charge is 0.335 e. The van der Waals surface area contributed by atoms with Gasteiger partial charge in [-0.3, -0.25) is 9.59 Å². The lowest BCUT2D eigenvalue weighted by atomic mass is 10.2.